The first-order valence-corrected chi connectivity index (χ1v) is 11.5. The van der Waals surface area contributed by atoms with E-state index in [1.54, 1.807) is 4.90 Å². The van der Waals surface area contributed by atoms with E-state index in [1.807, 2.05) is 7.05 Å². The molecule has 8 heteroatoms. The van der Waals surface area contributed by atoms with Crippen molar-refractivity contribution >= 4 is 15.7 Å². The van der Waals surface area contributed by atoms with Crippen LogP contribution in [0, 0.1) is 0 Å². The van der Waals surface area contributed by atoms with Crippen molar-refractivity contribution in [1.82, 2.24) is 20.7 Å². The Morgan fingerprint density at radius 3 is 2.52 bits per heavy atom. The van der Waals surface area contributed by atoms with Gasteiger partial charge < -0.3 is 4.90 Å². The molecule has 148 valence electrons. The van der Waals surface area contributed by atoms with Crippen molar-refractivity contribution < 1.29 is 13.2 Å². The lowest BCUT2D eigenvalue weighted by atomic mass is 9.98. The summed E-state index contributed by atoms with van der Waals surface area (Å²) in [5.74, 6) is 0.242. The average molecular weight is 393 g/mol. The predicted molar refractivity (Wildman–Crippen MR) is 104 cm³/mol. The minimum absolute atomic E-state index is 0.00961. The fourth-order valence-electron chi connectivity index (χ4n) is 4.52. The van der Waals surface area contributed by atoms with E-state index >= 15 is 0 Å². The Hall–Kier alpha value is -1.48. The highest BCUT2D eigenvalue weighted by Gasteiger charge is 2.48. The number of fused-ring (bicyclic) bond motifs is 1. The smallest absolute Gasteiger partial charge is 0.241 e. The summed E-state index contributed by atoms with van der Waals surface area (Å²) in [5.41, 5.74) is 8.83. The molecule has 3 aliphatic rings. The summed E-state index contributed by atoms with van der Waals surface area (Å²) in [6.07, 6.45) is 1.67. The van der Waals surface area contributed by atoms with Crippen LogP contribution in [0.3, 0.4) is 0 Å². The van der Waals surface area contributed by atoms with Crippen LogP contribution >= 0.6 is 0 Å². The number of piperazine rings is 1. The third-order valence-corrected chi connectivity index (χ3v) is 7.93. The molecular weight excluding hydrogens is 364 g/mol. The maximum Gasteiger partial charge on any atom is 0.241 e. The number of sulfone groups is 1. The number of aryl methyl sites for hydroxylation is 1. The van der Waals surface area contributed by atoms with E-state index in [1.165, 1.54) is 5.56 Å². The van der Waals surface area contributed by atoms with Gasteiger partial charge in [-0.15, -0.1) is 0 Å². The number of likely N-dealkylation sites (N-methyl/N-ethyl adjacent to an activating group) is 1. The van der Waals surface area contributed by atoms with E-state index in [0.29, 0.717) is 19.5 Å². The molecule has 0 aromatic heterocycles. The predicted octanol–water partition coefficient (Wildman–Crippen LogP) is 0.0962. The minimum atomic E-state index is -3.08. The summed E-state index contributed by atoms with van der Waals surface area (Å²) in [7, 11) is -1.13. The van der Waals surface area contributed by atoms with Crippen LogP contribution in [0.2, 0.25) is 0 Å². The van der Waals surface area contributed by atoms with Crippen LogP contribution in [0.1, 0.15) is 30.5 Å². The van der Waals surface area contributed by atoms with E-state index in [9.17, 15) is 13.2 Å². The van der Waals surface area contributed by atoms with Gasteiger partial charge in [0.2, 0.25) is 5.91 Å². The van der Waals surface area contributed by atoms with E-state index in [2.05, 4.69) is 46.9 Å². The van der Waals surface area contributed by atoms with Crippen molar-refractivity contribution in [3.8, 4) is 0 Å². The van der Waals surface area contributed by atoms with E-state index in [-0.39, 0.29) is 41.6 Å². The van der Waals surface area contributed by atoms with Crippen LogP contribution in [-0.4, -0.2) is 73.9 Å². The monoisotopic (exact) mass is 392 g/mol. The second-order valence-corrected chi connectivity index (χ2v) is 10.1. The molecule has 2 N–H and O–H groups in total. The number of hydrogen-bond donors (Lipinski definition) is 2. The van der Waals surface area contributed by atoms with Gasteiger partial charge in [0.25, 0.3) is 0 Å². The maximum atomic E-state index is 13.1. The van der Waals surface area contributed by atoms with Gasteiger partial charge in [0.15, 0.2) is 9.84 Å². The summed E-state index contributed by atoms with van der Waals surface area (Å²) in [5, 5.41) is 0. The number of hydrogen-bond acceptors (Lipinski definition) is 6. The Labute approximate surface area is 161 Å². The van der Waals surface area contributed by atoms with Crippen LogP contribution in [-0.2, 0) is 21.1 Å². The largest absolute Gasteiger partial charge is 0.334 e. The molecule has 0 radical (unpaired) electrons. The summed E-state index contributed by atoms with van der Waals surface area (Å²) >= 11 is 0. The molecule has 0 aliphatic carbocycles. The fourth-order valence-corrected chi connectivity index (χ4v) is 6.58. The quantitative estimate of drug-likeness (QED) is 0.759. The second-order valence-electron chi connectivity index (χ2n) is 7.95. The SMILES string of the molecule is CCc1ccc(C2CC(C(=O)N3CCN(C)[C@H]4CS(=O)(=O)C[C@H]43)NN2)cc1. The molecule has 3 fully saturated rings. The molecule has 0 spiro atoms. The molecule has 0 bridgehead atoms. The lowest BCUT2D eigenvalue weighted by Crippen LogP contribution is -2.62. The van der Waals surface area contributed by atoms with Crippen LogP contribution in [0.25, 0.3) is 0 Å². The van der Waals surface area contributed by atoms with E-state index in [0.717, 1.165) is 12.0 Å². The Balaban J connectivity index is 1.45. The number of amides is 1. The molecule has 0 saturated carbocycles. The molecule has 4 atom stereocenters. The lowest BCUT2D eigenvalue weighted by molar-refractivity contribution is -0.138. The first kappa shape index (κ1) is 18.9. The summed E-state index contributed by atoms with van der Waals surface area (Å²) in [6.45, 7) is 3.43. The van der Waals surface area contributed by atoms with Crippen molar-refractivity contribution in [1.29, 1.82) is 0 Å². The number of hydrazine groups is 1. The normalized spacial score (nSPS) is 33.2. The van der Waals surface area contributed by atoms with Gasteiger partial charge in [-0.25, -0.2) is 19.3 Å². The van der Waals surface area contributed by atoms with Gasteiger partial charge in [0.1, 0.15) is 6.04 Å². The van der Waals surface area contributed by atoms with Crippen molar-refractivity contribution in [3.63, 3.8) is 0 Å². The van der Waals surface area contributed by atoms with Gasteiger partial charge in [-0.3, -0.25) is 9.69 Å². The van der Waals surface area contributed by atoms with Crippen LogP contribution in [0.4, 0.5) is 0 Å². The zero-order valence-electron chi connectivity index (χ0n) is 15.9. The van der Waals surface area contributed by atoms with Gasteiger partial charge in [-0.2, -0.15) is 0 Å². The molecule has 27 heavy (non-hydrogen) atoms. The Morgan fingerprint density at radius 1 is 1.11 bits per heavy atom. The highest BCUT2D eigenvalue weighted by Crippen LogP contribution is 2.29. The molecule has 2 unspecified atom stereocenters. The number of nitrogens with one attached hydrogen (secondary N) is 2. The molecule has 1 aromatic rings. The molecular formula is C19H28N4O3S. The van der Waals surface area contributed by atoms with Crippen molar-refractivity contribution in [2.24, 2.45) is 0 Å². The van der Waals surface area contributed by atoms with Gasteiger partial charge in [0.05, 0.1) is 17.5 Å². The third kappa shape index (κ3) is 3.63. The van der Waals surface area contributed by atoms with Gasteiger partial charge in [0, 0.05) is 25.2 Å². The number of rotatable bonds is 3. The summed E-state index contributed by atoms with van der Waals surface area (Å²) < 4.78 is 24.3. The van der Waals surface area contributed by atoms with Crippen LogP contribution < -0.4 is 10.9 Å². The number of carbonyl (C=O) groups excluding carboxylic acids is 1. The van der Waals surface area contributed by atoms with Crippen LogP contribution in [0.15, 0.2) is 24.3 Å². The topological polar surface area (TPSA) is 81.8 Å². The molecule has 1 amide bonds. The number of nitrogens with zero attached hydrogens (tertiary/aromatic N) is 2. The van der Waals surface area contributed by atoms with Gasteiger partial charge in [-0.05, 0) is 31.0 Å². The van der Waals surface area contributed by atoms with Crippen molar-refractivity contribution in [2.45, 2.75) is 43.9 Å². The minimum Gasteiger partial charge on any atom is -0.334 e. The average Bonchev–Trinajstić information content (AvgIpc) is 3.26. The van der Waals surface area contributed by atoms with Gasteiger partial charge >= 0.3 is 0 Å². The van der Waals surface area contributed by atoms with Gasteiger partial charge in [-0.1, -0.05) is 31.2 Å². The highest BCUT2D eigenvalue weighted by atomic mass is 32.2. The Bertz CT molecular complexity index is 811. The van der Waals surface area contributed by atoms with Crippen molar-refractivity contribution in [3.05, 3.63) is 35.4 Å². The second kappa shape index (κ2) is 7.16. The molecule has 4 rings (SSSR count). The Kier molecular flexibility index (Phi) is 5.00. The van der Waals surface area contributed by atoms with Crippen molar-refractivity contribution in [2.75, 3.05) is 31.6 Å². The first-order valence-electron chi connectivity index (χ1n) is 9.69. The van der Waals surface area contributed by atoms with E-state index in [4.69, 9.17) is 0 Å². The summed E-state index contributed by atoms with van der Waals surface area (Å²) in [4.78, 5) is 17.0. The lowest BCUT2D eigenvalue weighted by Gasteiger charge is -2.43. The third-order valence-electron chi connectivity index (χ3n) is 6.23. The fraction of sp³-hybridized carbons (Fsp3) is 0.632. The molecule has 7 nitrogen and oxygen atoms in total. The van der Waals surface area contributed by atoms with Crippen LogP contribution in [0.5, 0.6) is 0 Å². The standard InChI is InChI=1S/C19H28N4O3S/c1-3-13-4-6-14(7-5-13)15-10-16(21-20-15)19(24)23-9-8-22(2)17-11-27(25,26)12-18(17)23/h4-7,15-18,20-21H,3,8-12H2,1-2H3/t15?,16?,17-,18+/m0/s1. The molecule has 1 aromatic carbocycles. The summed E-state index contributed by atoms with van der Waals surface area (Å²) in [6, 6.07) is 7.92. The molecule has 3 aliphatic heterocycles. The molecule has 3 saturated heterocycles. The first-order chi connectivity index (χ1) is 12.9. The Morgan fingerprint density at radius 2 is 1.81 bits per heavy atom. The van der Waals surface area contributed by atoms with E-state index < -0.39 is 9.84 Å². The zero-order chi connectivity index (χ0) is 19.2. The molecule has 3 heterocycles. The zero-order valence-corrected chi connectivity index (χ0v) is 16.7. The number of benzene rings is 1. The maximum absolute atomic E-state index is 13.1. The highest BCUT2D eigenvalue weighted by molar-refractivity contribution is 7.91. The number of carbonyl (C=O) groups is 1.